The number of aromatic nitrogens is 2. The Kier molecular flexibility index (Phi) is 6.25. The minimum atomic E-state index is 0.0800. The number of amides is 1. The third-order valence-corrected chi connectivity index (χ3v) is 5.48. The molecule has 25 heavy (non-hydrogen) atoms. The van der Waals surface area contributed by atoms with Crippen molar-refractivity contribution in [1.29, 1.82) is 0 Å². The SMILES string of the molecule is CN(Cc1nc(-c2cccs2)no1)C(=O)CCSCc1ccccc1. The van der Waals surface area contributed by atoms with Gasteiger partial charge in [0.15, 0.2) is 0 Å². The molecule has 0 N–H and O–H groups in total. The van der Waals surface area contributed by atoms with Crippen LogP contribution in [0.15, 0.2) is 52.4 Å². The van der Waals surface area contributed by atoms with Crippen molar-refractivity contribution in [2.75, 3.05) is 12.8 Å². The van der Waals surface area contributed by atoms with E-state index in [4.69, 9.17) is 4.52 Å². The minimum Gasteiger partial charge on any atom is -0.337 e. The first-order valence-corrected chi connectivity index (χ1v) is 9.98. The predicted molar refractivity (Wildman–Crippen MR) is 101 cm³/mol. The maximum Gasteiger partial charge on any atom is 0.246 e. The van der Waals surface area contributed by atoms with E-state index in [1.54, 1.807) is 35.0 Å². The number of thiophene rings is 1. The van der Waals surface area contributed by atoms with Gasteiger partial charge in [-0.15, -0.1) is 11.3 Å². The van der Waals surface area contributed by atoms with Crippen molar-refractivity contribution in [3.8, 4) is 10.7 Å². The Balaban J connectivity index is 1.42. The lowest BCUT2D eigenvalue weighted by molar-refractivity contribution is -0.130. The predicted octanol–water partition coefficient (Wildman–Crippen LogP) is 4.08. The molecule has 2 aromatic heterocycles. The van der Waals surface area contributed by atoms with Crippen molar-refractivity contribution < 1.29 is 9.32 Å². The lowest BCUT2D eigenvalue weighted by Gasteiger charge is -2.14. The van der Waals surface area contributed by atoms with Gasteiger partial charge in [-0.25, -0.2) is 0 Å². The zero-order valence-corrected chi connectivity index (χ0v) is 15.6. The highest BCUT2D eigenvalue weighted by Gasteiger charge is 2.14. The van der Waals surface area contributed by atoms with Crippen molar-refractivity contribution in [3.05, 3.63) is 59.3 Å². The molecule has 3 rings (SSSR count). The second-order valence-electron chi connectivity index (χ2n) is 5.53. The molecule has 0 aliphatic heterocycles. The molecule has 0 unspecified atom stereocenters. The molecular weight excluding hydrogens is 354 g/mol. The molecule has 0 saturated heterocycles. The lowest BCUT2D eigenvalue weighted by atomic mass is 10.2. The molecular formula is C18H19N3O2S2. The quantitative estimate of drug-likeness (QED) is 0.557. The van der Waals surface area contributed by atoms with Crippen molar-refractivity contribution in [2.45, 2.75) is 18.7 Å². The van der Waals surface area contributed by atoms with Crippen LogP contribution in [0, 0.1) is 0 Å². The first-order chi connectivity index (χ1) is 12.2. The number of rotatable bonds is 8. The molecule has 130 valence electrons. The largest absolute Gasteiger partial charge is 0.337 e. The molecule has 0 radical (unpaired) electrons. The van der Waals surface area contributed by atoms with Gasteiger partial charge >= 0.3 is 0 Å². The Bertz CT molecular complexity index is 788. The summed E-state index contributed by atoms with van der Waals surface area (Å²) in [5.74, 6) is 2.82. The second kappa shape index (κ2) is 8.82. The molecule has 0 fully saturated rings. The summed E-state index contributed by atoms with van der Waals surface area (Å²) in [7, 11) is 1.76. The fourth-order valence-electron chi connectivity index (χ4n) is 2.23. The Morgan fingerprint density at radius 2 is 2.08 bits per heavy atom. The van der Waals surface area contributed by atoms with E-state index in [1.807, 2.05) is 35.7 Å². The van der Waals surface area contributed by atoms with E-state index in [0.717, 1.165) is 16.4 Å². The zero-order valence-electron chi connectivity index (χ0n) is 13.9. The van der Waals surface area contributed by atoms with Crippen LogP contribution in [0.2, 0.25) is 0 Å². The summed E-state index contributed by atoms with van der Waals surface area (Å²) in [5.41, 5.74) is 1.28. The van der Waals surface area contributed by atoms with Gasteiger partial charge in [-0.3, -0.25) is 4.79 Å². The average molecular weight is 374 g/mol. The van der Waals surface area contributed by atoms with Crippen molar-refractivity contribution in [2.24, 2.45) is 0 Å². The smallest absolute Gasteiger partial charge is 0.246 e. The molecule has 0 bridgehead atoms. The second-order valence-corrected chi connectivity index (χ2v) is 7.58. The summed E-state index contributed by atoms with van der Waals surface area (Å²) < 4.78 is 5.24. The molecule has 2 heterocycles. The molecule has 5 nitrogen and oxygen atoms in total. The van der Waals surface area contributed by atoms with Gasteiger partial charge in [-0.2, -0.15) is 16.7 Å². The summed E-state index contributed by atoms with van der Waals surface area (Å²) in [6.45, 7) is 0.334. The van der Waals surface area contributed by atoms with Gasteiger partial charge in [0.25, 0.3) is 0 Å². The average Bonchev–Trinajstić information content (AvgIpc) is 3.31. The molecule has 0 aliphatic carbocycles. The van der Waals surface area contributed by atoms with E-state index < -0.39 is 0 Å². The van der Waals surface area contributed by atoms with Gasteiger partial charge in [0.05, 0.1) is 11.4 Å². The molecule has 0 saturated carbocycles. The lowest BCUT2D eigenvalue weighted by Crippen LogP contribution is -2.26. The maximum atomic E-state index is 12.2. The fourth-order valence-corrected chi connectivity index (χ4v) is 3.77. The highest BCUT2D eigenvalue weighted by Crippen LogP contribution is 2.21. The Hall–Kier alpha value is -2.12. The molecule has 0 aliphatic rings. The van der Waals surface area contributed by atoms with E-state index in [2.05, 4.69) is 22.3 Å². The number of carbonyl (C=O) groups excluding carboxylic acids is 1. The summed E-state index contributed by atoms with van der Waals surface area (Å²) in [6.07, 6.45) is 0.500. The first-order valence-electron chi connectivity index (χ1n) is 7.94. The Morgan fingerprint density at radius 3 is 2.84 bits per heavy atom. The van der Waals surface area contributed by atoms with Crippen LogP contribution in [0.3, 0.4) is 0 Å². The topological polar surface area (TPSA) is 59.2 Å². The minimum absolute atomic E-state index is 0.0800. The van der Waals surface area contributed by atoms with Crippen molar-refractivity contribution in [3.63, 3.8) is 0 Å². The van der Waals surface area contributed by atoms with Crippen LogP contribution in [0.4, 0.5) is 0 Å². The van der Waals surface area contributed by atoms with Gasteiger partial charge in [0.1, 0.15) is 0 Å². The number of benzene rings is 1. The van der Waals surface area contributed by atoms with Crippen LogP contribution in [0.1, 0.15) is 17.9 Å². The highest BCUT2D eigenvalue weighted by molar-refractivity contribution is 7.98. The Labute approximate surface area is 155 Å². The number of nitrogens with zero attached hydrogens (tertiary/aromatic N) is 3. The van der Waals surface area contributed by atoms with Crippen LogP contribution < -0.4 is 0 Å². The van der Waals surface area contributed by atoms with E-state index >= 15 is 0 Å². The molecule has 0 atom stereocenters. The normalized spacial score (nSPS) is 10.8. The van der Waals surface area contributed by atoms with Crippen LogP contribution >= 0.6 is 23.1 Å². The van der Waals surface area contributed by atoms with Crippen LogP contribution in [0.5, 0.6) is 0 Å². The van der Waals surface area contributed by atoms with E-state index in [1.165, 1.54) is 5.56 Å². The number of hydrogen-bond donors (Lipinski definition) is 0. The monoisotopic (exact) mass is 373 g/mol. The summed E-state index contributed by atoms with van der Waals surface area (Å²) in [5, 5.41) is 5.93. The van der Waals surface area contributed by atoms with E-state index in [9.17, 15) is 4.79 Å². The summed E-state index contributed by atoms with van der Waals surface area (Å²) in [6, 6.07) is 14.2. The van der Waals surface area contributed by atoms with Crippen molar-refractivity contribution >= 4 is 29.0 Å². The number of carbonyl (C=O) groups is 1. The van der Waals surface area contributed by atoms with Gasteiger partial charge in [0.2, 0.25) is 17.6 Å². The third kappa shape index (κ3) is 5.17. The van der Waals surface area contributed by atoms with Crippen LogP contribution in [-0.2, 0) is 17.1 Å². The van der Waals surface area contributed by atoms with Crippen LogP contribution in [0.25, 0.3) is 10.7 Å². The van der Waals surface area contributed by atoms with E-state index in [-0.39, 0.29) is 5.91 Å². The molecule has 7 heteroatoms. The molecule has 1 amide bonds. The third-order valence-electron chi connectivity index (χ3n) is 3.58. The Morgan fingerprint density at radius 1 is 1.24 bits per heavy atom. The van der Waals surface area contributed by atoms with Gasteiger partial charge in [-0.05, 0) is 17.0 Å². The molecule has 0 spiro atoms. The molecule has 3 aromatic rings. The number of thioether (sulfide) groups is 1. The van der Waals surface area contributed by atoms with Gasteiger partial charge in [-0.1, -0.05) is 41.6 Å². The van der Waals surface area contributed by atoms with Crippen molar-refractivity contribution in [1.82, 2.24) is 15.0 Å². The van der Waals surface area contributed by atoms with E-state index in [0.29, 0.717) is 24.7 Å². The summed E-state index contributed by atoms with van der Waals surface area (Å²) in [4.78, 5) is 19.2. The molecule has 1 aromatic carbocycles. The highest BCUT2D eigenvalue weighted by atomic mass is 32.2. The summed E-state index contributed by atoms with van der Waals surface area (Å²) >= 11 is 3.32. The van der Waals surface area contributed by atoms with Gasteiger partial charge in [0, 0.05) is 25.0 Å². The first kappa shape index (κ1) is 17.7. The fraction of sp³-hybridized carbons (Fsp3) is 0.278. The maximum absolute atomic E-state index is 12.2. The number of hydrogen-bond acceptors (Lipinski definition) is 6. The standard InChI is InChI=1S/C18H19N3O2S2/c1-21(12-16-19-18(20-23-16)15-8-5-10-25-15)17(22)9-11-24-13-14-6-3-2-4-7-14/h2-8,10H,9,11-13H2,1H3. The van der Waals surface area contributed by atoms with Crippen LogP contribution in [-0.4, -0.2) is 33.7 Å². The van der Waals surface area contributed by atoms with Gasteiger partial charge < -0.3 is 9.42 Å². The zero-order chi connectivity index (χ0) is 17.5.